The third-order valence-corrected chi connectivity index (χ3v) is 7.58. The van der Waals surface area contributed by atoms with Crippen molar-refractivity contribution >= 4 is 11.8 Å². The molecule has 1 N–H and O–H groups in total. The fourth-order valence-electron chi connectivity index (χ4n) is 4.29. The molecular formula is C32H35NO4S. The summed E-state index contributed by atoms with van der Waals surface area (Å²) in [5.41, 5.74) is 2.19. The molecule has 198 valence electrons. The maximum absolute atomic E-state index is 12.7. The molecule has 1 saturated carbocycles. The number of hydrogen-bond acceptors (Lipinski definition) is 6. The fraction of sp³-hybridized carbons (Fsp3) is 0.312. The Morgan fingerprint density at radius 2 is 1.63 bits per heavy atom. The zero-order chi connectivity index (χ0) is 26.7. The fourth-order valence-corrected chi connectivity index (χ4v) is 5.37. The van der Waals surface area contributed by atoms with Gasteiger partial charge in [0, 0.05) is 34.5 Å². The van der Waals surface area contributed by atoms with Crippen molar-refractivity contribution < 1.29 is 14.3 Å². The van der Waals surface area contributed by atoms with Crippen LogP contribution < -0.4 is 10.4 Å². The first-order valence-corrected chi connectivity index (χ1v) is 14.1. The predicted octanol–water partition coefficient (Wildman–Crippen LogP) is 8.60. The summed E-state index contributed by atoms with van der Waals surface area (Å²) in [5, 5.41) is 10.6. The molecule has 2 heterocycles. The van der Waals surface area contributed by atoms with Gasteiger partial charge in [0.05, 0.1) is 0 Å². The van der Waals surface area contributed by atoms with Gasteiger partial charge in [0.25, 0.3) is 0 Å². The summed E-state index contributed by atoms with van der Waals surface area (Å²) in [6, 6.07) is 20.3. The van der Waals surface area contributed by atoms with Crippen molar-refractivity contribution in [1.82, 2.24) is 4.98 Å². The van der Waals surface area contributed by atoms with Crippen molar-refractivity contribution in [3.05, 3.63) is 101 Å². The van der Waals surface area contributed by atoms with Crippen LogP contribution in [0.5, 0.6) is 11.5 Å². The van der Waals surface area contributed by atoms with Gasteiger partial charge in [0.2, 0.25) is 0 Å². The number of pyridine rings is 1. The maximum Gasteiger partial charge on any atom is 0.354 e. The Morgan fingerprint density at radius 3 is 2.24 bits per heavy atom. The van der Waals surface area contributed by atoms with Gasteiger partial charge in [-0.25, -0.2) is 4.79 Å². The van der Waals surface area contributed by atoms with Crippen LogP contribution in [0.25, 0.3) is 11.3 Å². The van der Waals surface area contributed by atoms with Gasteiger partial charge in [-0.2, -0.15) is 0 Å². The molecule has 0 radical (unpaired) electrons. The van der Waals surface area contributed by atoms with E-state index in [1.165, 1.54) is 56.4 Å². The Balaban J connectivity index is 0.000000494. The highest BCUT2D eigenvalue weighted by molar-refractivity contribution is 7.99. The smallest absolute Gasteiger partial charge is 0.354 e. The molecular weight excluding hydrogens is 494 g/mol. The molecule has 2 aromatic heterocycles. The van der Waals surface area contributed by atoms with Crippen LogP contribution in [-0.4, -0.2) is 10.1 Å². The Morgan fingerprint density at radius 1 is 0.947 bits per heavy atom. The van der Waals surface area contributed by atoms with Crippen molar-refractivity contribution in [2.45, 2.75) is 74.7 Å². The van der Waals surface area contributed by atoms with Crippen molar-refractivity contribution in [3.63, 3.8) is 0 Å². The number of hydrogen-bond donors (Lipinski definition) is 1. The van der Waals surface area contributed by atoms with Gasteiger partial charge in [-0.1, -0.05) is 88.4 Å². The van der Waals surface area contributed by atoms with E-state index in [0.29, 0.717) is 29.6 Å². The SMILES string of the molecule is C1CCCCC1.CC(C)c1ccccc1Sc1c(O)cc(-c2ccc(OCc3cccnc3)cc2)oc1=O. The monoisotopic (exact) mass is 529 g/mol. The Labute approximate surface area is 228 Å². The highest BCUT2D eigenvalue weighted by atomic mass is 32.2. The summed E-state index contributed by atoms with van der Waals surface area (Å²) in [4.78, 5) is 17.8. The Bertz CT molecular complexity index is 1330. The number of ether oxygens (including phenoxy) is 1. The van der Waals surface area contributed by atoms with Crippen LogP contribution in [0.15, 0.2) is 98.1 Å². The van der Waals surface area contributed by atoms with Gasteiger partial charge in [-0.3, -0.25) is 4.98 Å². The van der Waals surface area contributed by atoms with E-state index < -0.39 is 5.63 Å². The van der Waals surface area contributed by atoms with E-state index in [1.807, 2.05) is 36.4 Å². The molecule has 6 heteroatoms. The van der Waals surface area contributed by atoms with Crippen LogP contribution in [0, 0.1) is 0 Å². The second-order valence-corrected chi connectivity index (χ2v) is 10.8. The lowest BCUT2D eigenvalue weighted by Gasteiger charge is -2.12. The first kappa shape index (κ1) is 27.5. The molecule has 2 aromatic carbocycles. The number of aromatic hydroxyl groups is 1. The lowest BCUT2D eigenvalue weighted by atomic mass is 10.0. The second-order valence-electron chi connectivity index (χ2n) is 9.70. The van der Waals surface area contributed by atoms with Crippen molar-refractivity contribution in [2.75, 3.05) is 0 Å². The largest absolute Gasteiger partial charge is 0.506 e. The zero-order valence-electron chi connectivity index (χ0n) is 22.1. The molecule has 0 saturated heterocycles. The van der Waals surface area contributed by atoms with Gasteiger partial charge in [-0.15, -0.1) is 0 Å². The predicted molar refractivity (Wildman–Crippen MR) is 153 cm³/mol. The summed E-state index contributed by atoms with van der Waals surface area (Å²) >= 11 is 1.23. The zero-order valence-corrected chi connectivity index (χ0v) is 22.9. The van der Waals surface area contributed by atoms with Crippen LogP contribution in [-0.2, 0) is 6.61 Å². The summed E-state index contributed by atoms with van der Waals surface area (Å²) in [6.07, 6.45) is 12.5. The van der Waals surface area contributed by atoms with E-state index in [9.17, 15) is 9.90 Å². The molecule has 1 aliphatic carbocycles. The van der Waals surface area contributed by atoms with E-state index in [-0.39, 0.29) is 10.6 Å². The van der Waals surface area contributed by atoms with Gasteiger partial charge in [0.1, 0.15) is 28.8 Å². The molecule has 38 heavy (non-hydrogen) atoms. The molecule has 0 aliphatic heterocycles. The highest BCUT2D eigenvalue weighted by Crippen LogP contribution is 2.37. The molecule has 0 unspecified atom stereocenters. The van der Waals surface area contributed by atoms with Gasteiger partial charge in [0.15, 0.2) is 0 Å². The first-order valence-electron chi connectivity index (χ1n) is 13.3. The molecule has 1 fully saturated rings. The number of aromatic nitrogens is 1. The average molecular weight is 530 g/mol. The van der Waals surface area contributed by atoms with Gasteiger partial charge >= 0.3 is 5.63 Å². The van der Waals surface area contributed by atoms with E-state index in [2.05, 4.69) is 18.8 Å². The van der Waals surface area contributed by atoms with E-state index in [4.69, 9.17) is 9.15 Å². The summed E-state index contributed by atoms with van der Waals surface area (Å²) < 4.78 is 11.3. The standard InChI is InChI=1S/C26H23NO4S.C6H12/c1-17(2)21-7-3-4-8-24(21)32-25-22(28)14-23(31-26(25)29)19-9-11-20(12-10-19)30-16-18-6-5-13-27-15-18;1-2-4-6-5-3-1/h3-15,17,28H,16H2,1-2H3;1-6H2. The molecule has 5 nitrogen and oxygen atoms in total. The third kappa shape index (κ3) is 7.75. The quantitative estimate of drug-likeness (QED) is 0.258. The van der Waals surface area contributed by atoms with Crippen molar-refractivity contribution in [1.29, 1.82) is 0 Å². The second kappa shape index (κ2) is 13.9. The molecule has 1 aliphatic rings. The van der Waals surface area contributed by atoms with Crippen LogP contribution in [0.2, 0.25) is 0 Å². The summed E-state index contributed by atoms with van der Waals surface area (Å²) in [6.45, 7) is 4.59. The van der Waals surface area contributed by atoms with Crippen LogP contribution in [0.1, 0.15) is 69.4 Å². The maximum atomic E-state index is 12.7. The molecule has 0 atom stereocenters. The lowest BCUT2D eigenvalue weighted by molar-refractivity contribution is 0.306. The van der Waals surface area contributed by atoms with Crippen LogP contribution >= 0.6 is 11.8 Å². The minimum absolute atomic E-state index is 0.100. The normalized spacial score (nSPS) is 13.0. The van der Waals surface area contributed by atoms with Crippen molar-refractivity contribution in [2.24, 2.45) is 0 Å². The van der Waals surface area contributed by atoms with Gasteiger partial charge in [-0.05, 0) is 47.9 Å². The van der Waals surface area contributed by atoms with Crippen LogP contribution in [0.3, 0.4) is 0 Å². The molecule has 0 amide bonds. The minimum Gasteiger partial charge on any atom is -0.506 e. The molecule has 4 aromatic rings. The molecule has 0 spiro atoms. The molecule has 5 rings (SSSR count). The lowest BCUT2D eigenvalue weighted by Crippen LogP contribution is -2.03. The summed E-state index contributed by atoms with van der Waals surface area (Å²) in [5.74, 6) is 1.18. The minimum atomic E-state index is -0.569. The third-order valence-electron chi connectivity index (χ3n) is 6.41. The number of benzene rings is 2. The summed E-state index contributed by atoms with van der Waals surface area (Å²) in [7, 11) is 0. The number of rotatable bonds is 7. The van der Waals surface area contributed by atoms with Gasteiger partial charge < -0.3 is 14.3 Å². The Hall–Kier alpha value is -3.51. The number of nitrogens with zero attached hydrogens (tertiary/aromatic N) is 1. The highest BCUT2D eigenvalue weighted by Gasteiger charge is 2.16. The topological polar surface area (TPSA) is 72.6 Å². The van der Waals surface area contributed by atoms with E-state index >= 15 is 0 Å². The van der Waals surface area contributed by atoms with E-state index in [1.54, 1.807) is 36.7 Å². The van der Waals surface area contributed by atoms with Crippen LogP contribution in [0.4, 0.5) is 0 Å². The molecule has 0 bridgehead atoms. The van der Waals surface area contributed by atoms with Crippen molar-refractivity contribution in [3.8, 4) is 22.8 Å². The van der Waals surface area contributed by atoms with E-state index in [0.717, 1.165) is 16.0 Å². The first-order chi connectivity index (χ1) is 18.5. The average Bonchev–Trinajstić information content (AvgIpc) is 2.96. The Kier molecular flexibility index (Phi) is 10.0.